The van der Waals surface area contributed by atoms with Gasteiger partial charge in [-0.05, 0) is 37.3 Å². The van der Waals surface area contributed by atoms with Crippen LogP contribution in [-0.4, -0.2) is 48.1 Å². The molecule has 39 heavy (non-hydrogen) atoms. The van der Waals surface area contributed by atoms with E-state index < -0.39 is 15.5 Å². The summed E-state index contributed by atoms with van der Waals surface area (Å²) in [6.07, 6.45) is 0.247. The highest BCUT2D eigenvalue weighted by Gasteiger charge is 2.26. The molecular formula is C28H28O10S. The number of benzene rings is 3. The van der Waals surface area contributed by atoms with Crippen LogP contribution in [0.5, 0.6) is 28.7 Å². The van der Waals surface area contributed by atoms with E-state index >= 15 is 0 Å². The first-order valence-electron chi connectivity index (χ1n) is 11.9. The molecule has 0 spiro atoms. The Hall–Kier alpha value is -4.22. The van der Waals surface area contributed by atoms with Gasteiger partial charge in [0.1, 0.15) is 21.6 Å². The van der Waals surface area contributed by atoms with E-state index in [1.807, 2.05) is 6.92 Å². The summed E-state index contributed by atoms with van der Waals surface area (Å²) in [7, 11) is 0.0392. The van der Waals surface area contributed by atoms with E-state index in [4.69, 9.17) is 27.5 Å². The van der Waals surface area contributed by atoms with Crippen molar-refractivity contribution in [2.45, 2.75) is 18.2 Å². The van der Waals surface area contributed by atoms with Crippen LogP contribution in [0.15, 0.2) is 68.7 Å². The Morgan fingerprint density at radius 3 is 2.23 bits per heavy atom. The van der Waals surface area contributed by atoms with Crippen LogP contribution in [0, 0.1) is 6.92 Å². The van der Waals surface area contributed by atoms with Crippen LogP contribution >= 0.6 is 0 Å². The second kappa shape index (κ2) is 11.7. The van der Waals surface area contributed by atoms with Crippen LogP contribution in [0.2, 0.25) is 0 Å². The summed E-state index contributed by atoms with van der Waals surface area (Å²) in [5.74, 6) is 0.637. The Morgan fingerprint density at radius 1 is 0.872 bits per heavy atom. The van der Waals surface area contributed by atoms with Gasteiger partial charge in [0.05, 0.1) is 27.9 Å². The van der Waals surface area contributed by atoms with E-state index in [2.05, 4.69) is 0 Å². The lowest BCUT2D eigenvalue weighted by molar-refractivity contribution is 0.231. The zero-order chi connectivity index (χ0) is 28.2. The van der Waals surface area contributed by atoms with E-state index in [-0.39, 0.29) is 58.5 Å². The van der Waals surface area contributed by atoms with Gasteiger partial charge < -0.3 is 32.7 Å². The third-order valence-corrected chi connectivity index (χ3v) is 7.08. The predicted octanol–water partition coefficient (Wildman–Crippen LogP) is 4.32. The van der Waals surface area contributed by atoms with Crippen molar-refractivity contribution < 1.29 is 41.1 Å². The Morgan fingerprint density at radius 2 is 1.59 bits per heavy atom. The molecule has 3 aromatic carbocycles. The zero-order valence-corrected chi connectivity index (χ0v) is 22.7. The van der Waals surface area contributed by atoms with Gasteiger partial charge in [-0.2, -0.15) is 8.42 Å². The summed E-state index contributed by atoms with van der Waals surface area (Å²) in [5.41, 5.74) is 0.639. The van der Waals surface area contributed by atoms with Crippen LogP contribution in [-0.2, 0) is 10.1 Å². The van der Waals surface area contributed by atoms with Gasteiger partial charge in [-0.1, -0.05) is 17.7 Å². The van der Waals surface area contributed by atoms with Gasteiger partial charge in [-0.3, -0.25) is 4.79 Å². The normalized spacial score (nSPS) is 11.3. The van der Waals surface area contributed by atoms with Gasteiger partial charge in [0.25, 0.3) is 0 Å². The van der Waals surface area contributed by atoms with Crippen molar-refractivity contribution in [2.24, 2.45) is 0 Å². The van der Waals surface area contributed by atoms with Gasteiger partial charge in [0, 0.05) is 30.7 Å². The van der Waals surface area contributed by atoms with Crippen LogP contribution in [0.3, 0.4) is 0 Å². The lowest BCUT2D eigenvalue weighted by Crippen LogP contribution is -2.15. The lowest BCUT2D eigenvalue weighted by Gasteiger charge is -2.16. The summed E-state index contributed by atoms with van der Waals surface area (Å²) in [6.45, 7) is 1.67. The molecule has 1 heterocycles. The van der Waals surface area contributed by atoms with E-state index in [0.717, 1.165) is 5.56 Å². The molecule has 0 amide bonds. The monoisotopic (exact) mass is 556 g/mol. The summed E-state index contributed by atoms with van der Waals surface area (Å²) in [5, 5.41) is 9.08. The molecule has 4 rings (SSSR count). The van der Waals surface area contributed by atoms with Crippen molar-refractivity contribution in [2.75, 3.05) is 34.5 Å². The lowest BCUT2D eigenvalue weighted by atomic mass is 10.1. The molecule has 0 aliphatic carbocycles. The molecule has 4 aromatic rings. The standard InChI is InChI=1S/C28H28O10S/c1-17-6-9-20(10-7-17)39(31,32)38-24-16-19(33-2)15-23-25(24)26(30)28(36-13-5-12-29)27(37-23)18-8-11-21(34-3)22(14-18)35-4/h6-11,14-16,29H,5,12-13H2,1-4H3. The fraction of sp³-hybridized carbons (Fsp3) is 0.250. The molecule has 1 aromatic heterocycles. The number of ether oxygens (including phenoxy) is 4. The molecular weight excluding hydrogens is 528 g/mol. The summed E-state index contributed by atoms with van der Waals surface area (Å²) >= 11 is 0. The van der Waals surface area contributed by atoms with E-state index in [9.17, 15) is 18.3 Å². The number of aliphatic hydroxyl groups is 1. The highest BCUT2D eigenvalue weighted by atomic mass is 32.2. The van der Waals surface area contributed by atoms with Crippen molar-refractivity contribution in [1.29, 1.82) is 0 Å². The van der Waals surface area contributed by atoms with Gasteiger partial charge in [0.15, 0.2) is 23.0 Å². The van der Waals surface area contributed by atoms with Crippen LogP contribution in [0.1, 0.15) is 12.0 Å². The van der Waals surface area contributed by atoms with Crippen LogP contribution in [0.4, 0.5) is 0 Å². The number of hydrogen-bond donors (Lipinski definition) is 1. The van der Waals surface area contributed by atoms with Crippen molar-refractivity contribution in [3.05, 3.63) is 70.4 Å². The number of hydrogen-bond acceptors (Lipinski definition) is 10. The summed E-state index contributed by atoms with van der Waals surface area (Å²) in [4.78, 5) is 13.8. The predicted molar refractivity (Wildman–Crippen MR) is 144 cm³/mol. The Balaban J connectivity index is 1.95. The molecule has 1 N–H and O–H groups in total. The quantitative estimate of drug-likeness (QED) is 0.210. The highest BCUT2D eigenvalue weighted by Crippen LogP contribution is 2.40. The van der Waals surface area contributed by atoms with Crippen LogP contribution < -0.4 is 28.6 Å². The average Bonchev–Trinajstić information content (AvgIpc) is 2.93. The maximum atomic E-state index is 13.9. The van der Waals surface area contributed by atoms with Crippen molar-refractivity contribution in [3.8, 4) is 40.1 Å². The number of fused-ring (bicyclic) bond motifs is 1. The molecule has 10 nitrogen and oxygen atoms in total. The number of aryl methyl sites for hydroxylation is 1. The molecule has 0 bridgehead atoms. The molecule has 0 saturated carbocycles. The molecule has 0 unspecified atom stereocenters. The summed E-state index contributed by atoms with van der Waals surface area (Å²) in [6, 6.07) is 13.7. The van der Waals surface area contributed by atoms with Gasteiger partial charge in [-0.25, -0.2) is 0 Å². The first kappa shape index (κ1) is 27.8. The second-order valence-electron chi connectivity index (χ2n) is 8.43. The third-order valence-electron chi connectivity index (χ3n) is 5.83. The van der Waals surface area contributed by atoms with E-state index in [1.165, 1.54) is 45.6 Å². The molecule has 0 radical (unpaired) electrons. The average molecular weight is 557 g/mol. The first-order valence-corrected chi connectivity index (χ1v) is 13.3. The maximum Gasteiger partial charge on any atom is 0.339 e. The minimum atomic E-state index is -4.32. The van der Waals surface area contributed by atoms with Crippen molar-refractivity contribution >= 4 is 21.1 Å². The highest BCUT2D eigenvalue weighted by molar-refractivity contribution is 7.87. The first-order chi connectivity index (χ1) is 18.7. The molecule has 11 heteroatoms. The number of methoxy groups -OCH3 is 3. The Labute approximate surface area is 225 Å². The molecule has 0 aliphatic heterocycles. The maximum absolute atomic E-state index is 13.9. The Bertz CT molecular complexity index is 1640. The topological polar surface area (TPSA) is 131 Å². The summed E-state index contributed by atoms with van der Waals surface area (Å²) < 4.78 is 59.6. The molecule has 0 saturated heterocycles. The minimum Gasteiger partial charge on any atom is -0.496 e. The van der Waals surface area contributed by atoms with E-state index in [0.29, 0.717) is 17.1 Å². The third kappa shape index (κ3) is 5.79. The smallest absolute Gasteiger partial charge is 0.339 e. The largest absolute Gasteiger partial charge is 0.496 e. The fourth-order valence-corrected chi connectivity index (χ4v) is 4.77. The molecule has 0 fully saturated rings. The van der Waals surface area contributed by atoms with Gasteiger partial charge >= 0.3 is 10.1 Å². The fourth-order valence-electron chi connectivity index (χ4n) is 3.84. The number of aliphatic hydroxyl groups excluding tert-OH is 1. The van der Waals surface area contributed by atoms with Crippen molar-refractivity contribution in [1.82, 2.24) is 0 Å². The molecule has 206 valence electrons. The van der Waals surface area contributed by atoms with E-state index in [1.54, 1.807) is 30.3 Å². The molecule has 0 atom stereocenters. The van der Waals surface area contributed by atoms with Crippen LogP contribution in [0.25, 0.3) is 22.3 Å². The van der Waals surface area contributed by atoms with Crippen molar-refractivity contribution in [3.63, 3.8) is 0 Å². The number of rotatable bonds is 11. The van der Waals surface area contributed by atoms with Gasteiger partial charge in [-0.15, -0.1) is 0 Å². The SMILES string of the molecule is COc1cc(OS(=O)(=O)c2ccc(C)cc2)c2c(=O)c(OCCCO)c(-c3ccc(OC)c(OC)c3)oc2c1. The minimum absolute atomic E-state index is 0.00106. The zero-order valence-electron chi connectivity index (χ0n) is 21.8. The second-order valence-corrected chi connectivity index (χ2v) is 9.98. The molecule has 0 aliphatic rings. The Kier molecular flexibility index (Phi) is 8.32. The van der Waals surface area contributed by atoms with Gasteiger partial charge in [0.2, 0.25) is 11.2 Å².